The van der Waals surface area contributed by atoms with Crippen molar-refractivity contribution in [2.45, 2.75) is 46.5 Å². The molecule has 0 fully saturated rings. The molecule has 1 aromatic rings. The monoisotopic (exact) mass is 271 g/mol. The molecule has 0 radical (unpaired) electrons. The molecule has 0 saturated heterocycles. The SMILES string of the molecule is CCCNCC(CC)Cc1c(Cl)c(CC)nn1C. The summed E-state index contributed by atoms with van der Waals surface area (Å²) in [7, 11) is 1.99. The maximum Gasteiger partial charge on any atom is 0.0849 e. The largest absolute Gasteiger partial charge is 0.316 e. The topological polar surface area (TPSA) is 29.9 Å². The molecule has 0 spiro atoms. The molecule has 1 N–H and O–H groups in total. The highest BCUT2D eigenvalue weighted by Gasteiger charge is 2.16. The van der Waals surface area contributed by atoms with Crippen molar-refractivity contribution in [1.29, 1.82) is 0 Å². The van der Waals surface area contributed by atoms with Crippen molar-refractivity contribution >= 4 is 11.6 Å². The van der Waals surface area contributed by atoms with Crippen LogP contribution in [0.2, 0.25) is 5.02 Å². The Labute approximate surface area is 116 Å². The summed E-state index contributed by atoms with van der Waals surface area (Å²) < 4.78 is 1.95. The van der Waals surface area contributed by atoms with Gasteiger partial charge >= 0.3 is 0 Å². The highest BCUT2D eigenvalue weighted by Crippen LogP contribution is 2.24. The number of hydrogen-bond acceptors (Lipinski definition) is 2. The van der Waals surface area contributed by atoms with Gasteiger partial charge < -0.3 is 5.32 Å². The Hall–Kier alpha value is -0.540. The van der Waals surface area contributed by atoms with Gasteiger partial charge in [-0.15, -0.1) is 0 Å². The third-order valence-electron chi connectivity index (χ3n) is 3.42. The number of nitrogens with one attached hydrogen (secondary N) is 1. The van der Waals surface area contributed by atoms with Crippen LogP contribution >= 0.6 is 11.6 Å². The van der Waals surface area contributed by atoms with E-state index in [0.29, 0.717) is 5.92 Å². The molecule has 1 unspecified atom stereocenters. The van der Waals surface area contributed by atoms with Crippen molar-refractivity contribution in [3.05, 3.63) is 16.4 Å². The molecule has 4 heteroatoms. The third kappa shape index (κ3) is 3.99. The van der Waals surface area contributed by atoms with Gasteiger partial charge in [0.1, 0.15) is 0 Å². The minimum absolute atomic E-state index is 0.633. The van der Waals surface area contributed by atoms with E-state index in [1.807, 2.05) is 11.7 Å². The van der Waals surface area contributed by atoms with E-state index in [1.54, 1.807) is 0 Å². The predicted octanol–water partition coefficient (Wildman–Crippen LogP) is 3.20. The van der Waals surface area contributed by atoms with E-state index >= 15 is 0 Å². The van der Waals surface area contributed by atoms with Crippen LogP contribution in [0.4, 0.5) is 0 Å². The van der Waals surface area contributed by atoms with Gasteiger partial charge in [0.05, 0.1) is 16.4 Å². The van der Waals surface area contributed by atoms with Gasteiger partial charge in [-0.05, 0) is 38.3 Å². The standard InChI is InChI=1S/C14H26ClN3/c1-5-8-16-10-11(6-2)9-13-14(15)12(7-3)17-18(13)4/h11,16H,5-10H2,1-4H3. The molecule has 0 saturated carbocycles. The van der Waals surface area contributed by atoms with Crippen molar-refractivity contribution in [2.24, 2.45) is 13.0 Å². The molecule has 0 amide bonds. The highest BCUT2D eigenvalue weighted by atomic mass is 35.5. The molecule has 0 aliphatic rings. The van der Waals surface area contributed by atoms with Crippen LogP contribution in [0.3, 0.4) is 0 Å². The number of rotatable bonds is 8. The minimum Gasteiger partial charge on any atom is -0.316 e. The van der Waals surface area contributed by atoms with Crippen molar-refractivity contribution in [3.63, 3.8) is 0 Å². The summed E-state index contributed by atoms with van der Waals surface area (Å²) in [4.78, 5) is 0. The van der Waals surface area contributed by atoms with Gasteiger partial charge in [0.25, 0.3) is 0 Å². The van der Waals surface area contributed by atoms with Gasteiger partial charge in [-0.3, -0.25) is 4.68 Å². The first-order chi connectivity index (χ1) is 8.63. The van der Waals surface area contributed by atoms with Crippen LogP contribution in [-0.2, 0) is 19.9 Å². The summed E-state index contributed by atoms with van der Waals surface area (Å²) in [5.74, 6) is 0.633. The van der Waals surface area contributed by atoms with Crippen LogP contribution in [0.15, 0.2) is 0 Å². The smallest absolute Gasteiger partial charge is 0.0849 e. The van der Waals surface area contributed by atoms with E-state index in [2.05, 4.69) is 31.2 Å². The second-order valence-electron chi connectivity index (χ2n) is 4.87. The molecule has 18 heavy (non-hydrogen) atoms. The van der Waals surface area contributed by atoms with Crippen LogP contribution in [0, 0.1) is 5.92 Å². The number of halogens is 1. The summed E-state index contributed by atoms with van der Waals surface area (Å²) in [6.45, 7) is 8.68. The summed E-state index contributed by atoms with van der Waals surface area (Å²) in [5.41, 5.74) is 2.20. The number of aryl methyl sites for hydroxylation is 2. The first-order valence-electron chi connectivity index (χ1n) is 7.04. The molecule has 104 valence electrons. The van der Waals surface area contributed by atoms with Crippen LogP contribution < -0.4 is 5.32 Å². The number of aromatic nitrogens is 2. The second-order valence-corrected chi connectivity index (χ2v) is 5.25. The predicted molar refractivity (Wildman–Crippen MR) is 78.2 cm³/mol. The van der Waals surface area contributed by atoms with Gasteiger partial charge in [0, 0.05) is 7.05 Å². The Kier molecular flexibility index (Phi) is 6.72. The van der Waals surface area contributed by atoms with Crippen molar-refractivity contribution in [2.75, 3.05) is 13.1 Å². The molecule has 1 heterocycles. The molecule has 0 aliphatic heterocycles. The average molecular weight is 272 g/mol. The van der Waals surface area contributed by atoms with Gasteiger partial charge in [0.2, 0.25) is 0 Å². The molecule has 3 nitrogen and oxygen atoms in total. The van der Waals surface area contributed by atoms with Gasteiger partial charge in [-0.2, -0.15) is 5.10 Å². The molecule has 0 bridgehead atoms. The fraction of sp³-hybridized carbons (Fsp3) is 0.786. The van der Waals surface area contributed by atoms with Gasteiger partial charge in [-0.25, -0.2) is 0 Å². The normalized spacial score (nSPS) is 12.9. The third-order valence-corrected chi connectivity index (χ3v) is 3.86. The van der Waals surface area contributed by atoms with Crippen molar-refractivity contribution in [1.82, 2.24) is 15.1 Å². The fourth-order valence-corrected chi connectivity index (χ4v) is 2.53. The lowest BCUT2D eigenvalue weighted by atomic mass is 10.00. The summed E-state index contributed by atoms with van der Waals surface area (Å²) >= 11 is 6.39. The van der Waals surface area contributed by atoms with Crippen LogP contribution in [-0.4, -0.2) is 22.9 Å². The molecule has 1 rings (SSSR count). The molecule has 1 atom stereocenters. The van der Waals surface area contributed by atoms with Crippen molar-refractivity contribution in [3.8, 4) is 0 Å². The lowest BCUT2D eigenvalue weighted by molar-refractivity contribution is 0.448. The summed E-state index contributed by atoms with van der Waals surface area (Å²) in [5, 5.41) is 8.84. The lowest BCUT2D eigenvalue weighted by Gasteiger charge is -2.16. The highest BCUT2D eigenvalue weighted by molar-refractivity contribution is 6.31. The Bertz CT molecular complexity index is 360. The van der Waals surface area contributed by atoms with Gasteiger partial charge in [-0.1, -0.05) is 38.8 Å². The molecular formula is C14H26ClN3. The second kappa shape index (κ2) is 7.80. The van der Waals surface area contributed by atoms with Gasteiger partial charge in [0.15, 0.2) is 0 Å². The first-order valence-corrected chi connectivity index (χ1v) is 7.42. The summed E-state index contributed by atoms with van der Waals surface area (Å²) in [6.07, 6.45) is 4.26. The lowest BCUT2D eigenvalue weighted by Crippen LogP contribution is -2.25. The van der Waals surface area contributed by atoms with E-state index < -0.39 is 0 Å². The van der Waals surface area contributed by atoms with Crippen molar-refractivity contribution < 1.29 is 0 Å². The van der Waals surface area contributed by atoms with E-state index in [9.17, 15) is 0 Å². The number of hydrogen-bond donors (Lipinski definition) is 1. The van der Waals surface area contributed by atoms with Crippen LogP contribution in [0.25, 0.3) is 0 Å². The average Bonchev–Trinajstić information content (AvgIpc) is 2.64. The zero-order valence-electron chi connectivity index (χ0n) is 12.1. The Balaban J connectivity index is 2.66. The summed E-state index contributed by atoms with van der Waals surface area (Å²) in [6, 6.07) is 0. The first kappa shape index (κ1) is 15.5. The maximum atomic E-state index is 6.39. The molecule has 0 aliphatic carbocycles. The van der Waals surface area contributed by atoms with E-state index in [4.69, 9.17) is 11.6 Å². The number of nitrogens with zero attached hydrogens (tertiary/aromatic N) is 2. The Morgan fingerprint density at radius 2 is 2.06 bits per heavy atom. The zero-order valence-corrected chi connectivity index (χ0v) is 12.8. The Morgan fingerprint density at radius 1 is 1.33 bits per heavy atom. The molecule has 1 aromatic heterocycles. The maximum absolute atomic E-state index is 6.39. The zero-order chi connectivity index (χ0) is 13.5. The molecular weight excluding hydrogens is 246 g/mol. The van der Waals surface area contributed by atoms with E-state index in [1.165, 1.54) is 18.5 Å². The van der Waals surface area contributed by atoms with Crippen LogP contribution in [0.5, 0.6) is 0 Å². The van der Waals surface area contributed by atoms with Crippen LogP contribution in [0.1, 0.15) is 45.0 Å². The van der Waals surface area contributed by atoms with E-state index in [0.717, 1.165) is 36.6 Å². The molecule has 0 aromatic carbocycles. The van der Waals surface area contributed by atoms with E-state index in [-0.39, 0.29) is 0 Å². The minimum atomic E-state index is 0.633. The Morgan fingerprint density at radius 3 is 2.56 bits per heavy atom. The quantitative estimate of drug-likeness (QED) is 0.736. The fourth-order valence-electron chi connectivity index (χ4n) is 2.16.